The Kier molecular flexibility index (Phi) is 5.68. The minimum absolute atomic E-state index is 0.248. The van der Waals surface area contributed by atoms with Crippen LogP contribution in [0.15, 0.2) is 84.2 Å². The number of rotatable bonds is 6. The Labute approximate surface area is 176 Å². The lowest BCUT2D eigenvalue weighted by atomic mass is 10.0. The van der Waals surface area contributed by atoms with Crippen LogP contribution >= 0.6 is 11.3 Å². The van der Waals surface area contributed by atoms with E-state index in [1.54, 1.807) is 42.5 Å². The fourth-order valence-corrected chi connectivity index (χ4v) is 3.60. The van der Waals surface area contributed by atoms with Gasteiger partial charge in [0.05, 0.1) is 10.4 Å². The molecule has 0 aliphatic carbocycles. The SMILES string of the molecule is O=C(COC(=O)c1cccc(NC(=O)c2cccs2)c1)c1ccc2ccccc2c1. The van der Waals surface area contributed by atoms with Gasteiger partial charge in [0.25, 0.3) is 5.91 Å². The molecular weight excluding hydrogens is 398 g/mol. The van der Waals surface area contributed by atoms with Crippen molar-refractivity contribution in [2.75, 3.05) is 11.9 Å². The van der Waals surface area contributed by atoms with Crippen molar-refractivity contribution in [3.63, 3.8) is 0 Å². The molecule has 1 N–H and O–H groups in total. The summed E-state index contributed by atoms with van der Waals surface area (Å²) in [6.07, 6.45) is 0. The van der Waals surface area contributed by atoms with E-state index in [0.29, 0.717) is 16.1 Å². The number of carbonyl (C=O) groups is 3. The molecule has 0 unspecified atom stereocenters. The van der Waals surface area contributed by atoms with E-state index in [4.69, 9.17) is 4.74 Å². The highest BCUT2D eigenvalue weighted by Crippen LogP contribution is 2.17. The predicted octanol–water partition coefficient (Wildman–Crippen LogP) is 5.19. The van der Waals surface area contributed by atoms with Crippen LogP contribution in [0.25, 0.3) is 10.8 Å². The van der Waals surface area contributed by atoms with Gasteiger partial charge in [-0.05, 0) is 46.5 Å². The van der Waals surface area contributed by atoms with Gasteiger partial charge in [0.2, 0.25) is 0 Å². The largest absolute Gasteiger partial charge is 0.454 e. The van der Waals surface area contributed by atoms with Crippen molar-refractivity contribution in [3.05, 3.63) is 100 Å². The van der Waals surface area contributed by atoms with Crippen molar-refractivity contribution in [1.82, 2.24) is 0 Å². The summed E-state index contributed by atoms with van der Waals surface area (Å²) in [5.74, 6) is -1.16. The van der Waals surface area contributed by atoms with E-state index >= 15 is 0 Å². The first kappa shape index (κ1) is 19.5. The number of fused-ring (bicyclic) bond motifs is 1. The van der Waals surface area contributed by atoms with Crippen molar-refractivity contribution < 1.29 is 19.1 Å². The van der Waals surface area contributed by atoms with Gasteiger partial charge < -0.3 is 10.1 Å². The fraction of sp³-hybridized carbons (Fsp3) is 0.0417. The first-order valence-corrected chi connectivity index (χ1v) is 10.1. The second-order valence-corrected chi connectivity index (χ2v) is 7.52. The molecule has 4 aromatic rings. The average molecular weight is 415 g/mol. The average Bonchev–Trinajstić information content (AvgIpc) is 3.32. The van der Waals surface area contributed by atoms with Gasteiger partial charge in [0.1, 0.15) is 0 Å². The van der Waals surface area contributed by atoms with E-state index in [9.17, 15) is 14.4 Å². The van der Waals surface area contributed by atoms with Crippen LogP contribution in [0.4, 0.5) is 5.69 Å². The summed E-state index contributed by atoms with van der Waals surface area (Å²) in [4.78, 5) is 37.5. The second-order valence-electron chi connectivity index (χ2n) is 6.57. The highest BCUT2D eigenvalue weighted by Gasteiger charge is 2.14. The third-order valence-corrected chi connectivity index (χ3v) is 5.38. The molecule has 0 aliphatic rings. The lowest BCUT2D eigenvalue weighted by molar-refractivity contribution is 0.0475. The number of nitrogens with one attached hydrogen (secondary N) is 1. The van der Waals surface area contributed by atoms with E-state index in [1.165, 1.54) is 17.4 Å². The summed E-state index contributed by atoms with van der Waals surface area (Å²) in [5, 5.41) is 6.54. The maximum atomic E-state index is 12.4. The molecule has 1 aromatic heterocycles. The number of benzene rings is 3. The molecule has 0 atom stereocenters. The van der Waals surface area contributed by atoms with Gasteiger partial charge in [-0.15, -0.1) is 11.3 Å². The van der Waals surface area contributed by atoms with Crippen LogP contribution in [0.2, 0.25) is 0 Å². The number of hydrogen-bond acceptors (Lipinski definition) is 5. The van der Waals surface area contributed by atoms with Gasteiger partial charge in [0, 0.05) is 11.3 Å². The molecule has 0 spiro atoms. The third-order valence-electron chi connectivity index (χ3n) is 4.51. The van der Waals surface area contributed by atoms with Crippen molar-refractivity contribution >= 4 is 45.5 Å². The fourth-order valence-electron chi connectivity index (χ4n) is 2.98. The van der Waals surface area contributed by atoms with Crippen LogP contribution in [0.5, 0.6) is 0 Å². The molecule has 30 heavy (non-hydrogen) atoms. The number of ketones is 1. The number of thiophene rings is 1. The zero-order valence-electron chi connectivity index (χ0n) is 15.8. The Morgan fingerprint density at radius 3 is 2.43 bits per heavy atom. The summed E-state index contributed by atoms with van der Waals surface area (Å²) >= 11 is 1.33. The number of amides is 1. The molecular formula is C24H17NO4S. The Morgan fingerprint density at radius 1 is 0.800 bits per heavy atom. The zero-order valence-corrected chi connectivity index (χ0v) is 16.6. The third kappa shape index (κ3) is 4.45. The molecule has 148 valence electrons. The molecule has 1 amide bonds. The van der Waals surface area contributed by atoms with Crippen LogP contribution in [0.3, 0.4) is 0 Å². The summed E-state index contributed by atoms with van der Waals surface area (Å²) in [7, 11) is 0. The molecule has 4 rings (SSSR count). The topological polar surface area (TPSA) is 72.5 Å². The van der Waals surface area contributed by atoms with E-state index in [0.717, 1.165) is 10.8 Å². The molecule has 0 saturated carbocycles. The summed E-state index contributed by atoms with van der Waals surface area (Å²) in [6, 6.07) is 23.0. The Hall–Kier alpha value is -3.77. The molecule has 0 fully saturated rings. The molecule has 5 nitrogen and oxygen atoms in total. The summed E-state index contributed by atoms with van der Waals surface area (Å²) in [6.45, 7) is -0.358. The maximum Gasteiger partial charge on any atom is 0.338 e. The van der Waals surface area contributed by atoms with Crippen molar-refractivity contribution in [1.29, 1.82) is 0 Å². The van der Waals surface area contributed by atoms with Crippen LogP contribution in [0.1, 0.15) is 30.4 Å². The van der Waals surface area contributed by atoms with Gasteiger partial charge in [0.15, 0.2) is 12.4 Å². The first-order valence-electron chi connectivity index (χ1n) is 9.24. The Bertz CT molecular complexity index is 1230. The number of carbonyl (C=O) groups excluding carboxylic acids is 3. The molecule has 6 heteroatoms. The second kappa shape index (κ2) is 8.71. The van der Waals surface area contributed by atoms with Gasteiger partial charge in [-0.25, -0.2) is 4.79 Å². The van der Waals surface area contributed by atoms with Gasteiger partial charge in [-0.1, -0.05) is 48.5 Å². The Morgan fingerprint density at radius 2 is 1.63 bits per heavy atom. The van der Waals surface area contributed by atoms with Crippen molar-refractivity contribution in [2.24, 2.45) is 0 Å². The summed E-state index contributed by atoms with van der Waals surface area (Å²) in [5.41, 5.74) is 1.22. The zero-order chi connectivity index (χ0) is 20.9. The Balaban J connectivity index is 1.39. The highest BCUT2D eigenvalue weighted by atomic mass is 32.1. The molecule has 0 bridgehead atoms. The maximum absolute atomic E-state index is 12.4. The van der Waals surface area contributed by atoms with Crippen LogP contribution in [0, 0.1) is 0 Å². The molecule has 1 heterocycles. The monoisotopic (exact) mass is 415 g/mol. The number of esters is 1. The lowest BCUT2D eigenvalue weighted by Crippen LogP contribution is -2.15. The van der Waals surface area contributed by atoms with E-state index in [1.807, 2.05) is 35.7 Å². The lowest BCUT2D eigenvalue weighted by Gasteiger charge is -2.08. The van der Waals surface area contributed by atoms with Crippen molar-refractivity contribution in [2.45, 2.75) is 0 Å². The number of anilines is 1. The number of ether oxygens (including phenoxy) is 1. The van der Waals surface area contributed by atoms with Gasteiger partial charge in [-0.2, -0.15) is 0 Å². The van der Waals surface area contributed by atoms with E-state index in [2.05, 4.69) is 5.32 Å². The molecule has 0 saturated heterocycles. The van der Waals surface area contributed by atoms with Crippen molar-refractivity contribution in [3.8, 4) is 0 Å². The quantitative estimate of drug-likeness (QED) is 0.347. The van der Waals surface area contributed by atoms with E-state index < -0.39 is 5.97 Å². The van der Waals surface area contributed by atoms with Gasteiger partial charge in [-0.3, -0.25) is 9.59 Å². The van der Waals surface area contributed by atoms with Gasteiger partial charge >= 0.3 is 5.97 Å². The van der Waals surface area contributed by atoms with Crippen LogP contribution < -0.4 is 5.32 Å². The molecule has 0 radical (unpaired) electrons. The minimum atomic E-state index is -0.628. The van der Waals surface area contributed by atoms with E-state index in [-0.39, 0.29) is 23.9 Å². The predicted molar refractivity (Wildman–Crippen MR) is 117 cm³/mol. The van der Waals surface area contributed by atoms with Crippen LogP contribution in [-0.2, 0) is 4.74 Å². The highest BCUT2D eigenvalue weighted by molar-refractivity contribution is 7.12. The standard InChI is InChI=1S/C24H17NO4S/c26-21(18-11-10-16-5-1-2-6-17(16)13-18)15-29-24(28)19-7-3-8-20(14-19)25-23(27)22-9-4-12-30-22/h1-14H,15H2,(H,25,27). The molecule has 0 aliphatic heterocycles. The number of hydrogen-bond donors (Lipinski definition) is 1. The smallest absolute Gasteiger partial charge is 0.338 e. The number of Topliss-reactive ketones (excluding diaryl/α,β-unsaturated/α-hetero) is 1. The summed E-state index contributed by atoms with van der Waals surface area (Å²) < 4.78 is 5.19. The molecule has 3 aromatic carbocycles. The van der Waals surface area contributed by atoms with Crippen LogP contribution in [-0.4, -0.2) is 24.3 Å². The normalized spacial score (nSPS) is 10.5. The minimum Gasteiger partial charge on any atom is -0.454 e. The first-order chi connectivity index (χ1) is 14.6.